The molecular weight excluding hydrogens is 717 g/mol. The summed E-state index contributed by atoms with van der Waals surface area (Å²) in [5.74, 6) is -0.859. The van der Waals surface area contributed by atoms with E-state index in [0.717, 1.165) is 50.2 Å². The molecule has 0 aliphatic rings. The highest BCUT2D eigenvalue weighted by Crippen LogP contribution is 2.44. The van der Waals surface area contributed by atoms with Crippen LogP contribution in [0.15, 0.2) is 200 Å². The van der Waals surface area contributed by atoms with Gasteiger partial charge >= 0.3 is 0 Å². The SMILES string of the molecule is Fc1ccccc1N(c1ccc(-c2ccc3ccc4c(-c5ccc(-c6nc7ccccn7c6-c6ccccc6)cc5)ccc5ccc2c3c54)cc1)c1ccccc1F. The summed E-state index contributed by atoms with van der Waals surface area (Å²) < 4.78 is 32.6. The summed E-state index contributed by atoms with van der Waals surface area (Å²) in [5.41, 5.74) is 10.7. The van der Waals surface area contributed by atoms with E-state index < -0.39 is 11.6 Å². The van der Waals surface area contributed by atoms with Crippen molar-refractivity contribution < 1.29 is 8.78 Å². The topological polar surface area (TPSA) is 20.5 Å². The molecule has 0 bridgehead atoms. The van der Waals surface area contributed by atoms with Gasteiger partial charge in [-0.2, -0.15) is 0 Å². The van der Waals surface area contributed by atoms with Crippen LogP contribution in [0.4, 0.5) is 25.8 Å². The number of imidazole rings is 1. The molecule has 5 heteroatoms. The number of anilines is 3. The van der Waals surface area contributed by atoms with Gasteiger partial charge in [-0.3, -0.25) is 4.40 Å². The van der Waals surface area contributed by atoms with Gasteiger partial charge in [0.25, 0.3) is 0 Å². The van der Waals surface area contributed by atoms with E-state index in [4.69, 9.17) is 4.98 Å². The Morgan fingerprint density at radius 2 is 0.914 bits per heavy atom. The highest BCUT2D eigenvalue weighted by atomic mass is 19.1. The first kappa shape index (κ1) is 33.7. The van der Waals surface area contributed by atoms with Crippen LogP contribution in [0.5, 0.6) is 0 Å². The van der Waals surface area contributed by atoms with Crippen molar-refractivity contribution in [2.24, 2.45) is 0 Å². The summed E-state index contributed by atoms with van der Waals surface area (Å²) in [5, 5.41) is 7.14. The maximum atomic E-state index is 15.2. The Morgan fingerprint density at radius 3 is 1.50 bits per heavy atom. The first-order chi connectivity index (χ1) is 28.6. The molecule has 2 heterocycles. The number of pyridine rings is 1. The van der Waals surface area contributed by atoms with Gasteiger partial charge in [0.15, 0.2) is 0 Å². The molecule has 0 unspecified atom stereocenters. The quantitative estimate of drug-likeness (QED) is 0.151. The summed E-state index contributed by atoms with van der Waals surface area (Å²) in [7, 11) is 0. The van der Waals surface area contributed by atoms with Crippen LogP contribution in [0.1, 0.15) is 0 Å². The minimum absolute atomic E-state index is 0.278. The fourth-order valence-electron chi connectivity index (χ4n) is 8.65. The number of benzene rings is 9. The van der Waals surface area contributed by atoms with Crippen molar-refractivity contribution in [2.45, 2.75) is 0 Å². The lowest BCUT2D eigenvalue weighted by molar-refractivity contribution is 0.619. The molecule has 0 aliphatic heterocycles. The van der Waals surface area contributed by atoms with Gasteiger partial charge in [-0.25, -0.2) is 13.8 Å². The number of nitrogens with zero attached hydrogens (tertiary/aromatic N) is 3. The normalized spacial score (nSPS) is 11.6. The molecule has 0 saturated heterocycles. The molecule has 0 spiro atoms. The summed E-state index contributed by atoms with van der Waals surface area (Å²) in [4.78, 5) is 6.71. The van der Waals surface area contributed by atoms with Crippen LogP contribution < -0.4 is 4.90 Å². The first-order valence-corrected chi connectivity index (χ1v) is 19.3. The zero-order chi connectivity index (χ0) is 38.7. The van der Waals surface area contributed by atoms with Crippen molar-refractivity contribution in [3.05, 3.63) is 212 Å². The van der Waals surface area contributed by atoms with Gasteiger partial charge in [0.1, 0.15) is 17.3 Å². The molecule has 0 N–H and O–H groups in total. The molecule has 274 valence electrons. The van der Waals surface area contributed by atoms with E-state index in [2.05, 4.69) is 108 Å². The molecule has 0 atom stereocenters. The molecule has 3 nitrogen and oxygen atoms in total. The lowest BCUT2D eigenvalue weighted by atomic mass is 9.87. The average Bonchev–Trinajstić information content (AvgIpc) is 3.67. The molecule has 11 rings (SSSR count). The number of hydrogen-bond acceptors (Lipinski definition) is 2. The van der Waals surface area contributed by atoms with Gasteiger partial charge in [0.2, 0.25) is 0 Å². The zero-order valence-electron chi connectivity index (χ0n) is 31.2. The molecule has 2 aromatic heterocycles. The highest BCUT2D eigenvalue weighted by molar-refractivity contribution is 6.27. The van der Waals surface area contributed by atoms with Gasteiger partial charge < -0.3 is 4.90 Å². The maximum absolute atomic E-state index is 15.2. The van der Waals surface area contributed by atoms with Crippen molar-refractivity contribution in [1.82, 2.24) is 9.38 Å². The second-order valence-corrected chi connectivity index (χ2v) is 14.6. The Balaban J connectivity index is 0.996. The number of rotatable bonds is 7. The minimum Gasteiger partial charge on any atom is -0.305 e. The minimum atomic E-state index is -0.430. The van der Waals surface area contributed by atoms with E-state index in [1.165, 1.54) is 44.6 Å². The second kappa shape index (κ2) is 13.5. The van der Waals surface area contributed by atoms with Crippen molar-refractivity contribution in [2.75, 3.05) is 4.90 Å². The van der Waals surface area contributed by atoms with Gasteiger partial charge in [0, 0.05) is 23.0 Å². The third kappa shape index (κ3) is 5.43. The molecule has 0 amide bonds. The number of para-hydroxylation sites is 2. The van der Waals surface area contributed by atoms with E-state index in [9.17, 15) is 0 Å². The van der Waals surface area contributed by atoms with Gasteiger partial charge in [-0.05, 0) is 103 Å². The summed E-state index contributed by atoms with van der Waals surface area (Å²) >= 11 is 0. The monoisotopic (exact) mass is 749 g/mol. The molecule has 0 saturated carbocycles. The lowest BCUT2D eigenvalue weighted by Crippen LogP contribution is -2.13. The Bertz CT molecular complexity index is 3250. The number of hydrogen-bond donors (Lipinski definition) is 0. The average molecular weight is 750 g/mol. The second-order valence-electron chi connectivity index (χ2n) is 14.6. The molecule has 9 aromatic carbocycles. The predicted molar refractivity (Wildman–Crippen MR) is 235 cm³/mol. The number of fused-ring (bicyclic) bond motifs is 1. The van der Waals surface area contributed by atoms with Crippen molar-refractivity contribution in [1.29, 1.82) is 0 Å². The van der Waals surface area contributed by atoms with E-state index in [1.54, 1.807) is 41.3 Å². The van der Waals surface area contributed by atoms with Crippen molar-refractivity contribution in [3.63, 3.8) is 0 Å². The fraction of sp³-hybridized carbons (Fsp3) is 0. The standard InChI is InChI=1S/C53H33F2N3/c54-45-12-4-6-14-47(45)58(48-15-7-5-13-46(48)55)40-27-21-35(22-28-40)42-30-24-37-25-31-43-41(29-23-36-26-32-44(42)51(37)50(36)43)34-17-19-38(20-18-34)52-53(39-10-2-1-3-11-39)57-33-9-8-16-49(57)56-52/h1-33H. The van der Waals surface area contributed by atoms with Crippen LogP contribution in [-0.2, 0) is 0 Å². The third-order valence-corrected chi connectivity index (χ3v) is 11.3. The maximum Gasteiger partial charge on any atom is 0.147 e. The summed E-state index contributed by atoms with van der Waals surface area (Å²) in [6, 6.07) is 63.9. The zero-order valence-corrected chi connectivity index (χ0v) is 31.2. The third-order valence-electron chi connectivity index (χ3n) is 11.3. The first-order valence-electron chi connectivity index (χ1n) is 19.3. The molecular formula is C53H33F2N3. The molecule has 0 fully saturated rings. The largest absolute Gasteiger partial charge is 0.305 e. The van der Waals surface area contributed by atoms with Crippen LogP contribution in [0, 0.1) is 11.6 Å². The Labute approximate surface area is 333 Å². The lowest BCUT2D eigenvalue weighted by Gasteiger charge is -2.26. The Kier molecular flexibility index (Phi) is 7.86. The fourth-order valence-corrected chi connectivity index (χ4v) is 8.65. The van der Waals surface area contributed by atoms with Gasteiger partial charge in [-0.1, -0.05) is 146 Å². The van der Waals surface area contributed by atoms with Gasteiger partial charge in [0.05, 0.1) is 22.8 Å². The van der Waals surface area contributed by atoms with Crippen LogP contribution in [0.3, 0.4) is 0 Å². The Morgan fingerprint density at radius 1 is 0.414 bits per heavy atom. The molecule has 0 radical (unpaired) electrons. The van der Waals surface area contributed by atoms with E-state index in [1.807, 2.05) is 48.5 Å². The van der Waals surface area contributed by atoms with Crippen molar-refractivity contribution in [3.8, 4) is 44.8 Å². The van der Waals surface area contributed by atoms with Crippen LogP contribution in [0.2, 0.25) is 0 Å². The van der Waals surface area contributed by atoms with Crippen LogP contribution in [0.25, 0.3) is 82.7 Å². The smallest absolute Gasteiger partial charge is 0.147 e. The predicted octanol–water partition coefficient (Wildman–Crippen LogP) is 14.6. The van der Waals surface area contributed by atoms with E-state index >= 15 is 8.78 Å². The molecule has 0 aliphatic carbocycles. The summed E-state index contributed by atoms with van der Waals surface area (Å²) in [6.07, 6.45) is 2.07. The molecule has 11 aromatic rings. The van der Waals surface area contributed by atoms with E-state index in [0.29, 0.717) is 5.69 Å². The van der Waals surface area contributed by atoms with Gasteiger partial charge in [-0.15, -0.1) is 0 Å². The van der Waals surface area contributed by atoms with Crippen LogP contribution >= 0.6 is 0 Å². The number of halogens is 2. The molecule has 58 heavy (non-hydrogen) atoms. The summed E-state index contributed by atoms with van der Waals surface area (Å²) in [6.45, 7) is 0. The highest BCUT2D eigenvalue weighted by Gasteiger charge is 2.21. The Hall–Kier alpha value is -7.63. The van der Waals surface area contributed by atoms with Crippen LogP contribution in [-0.4, -0.2) is 9.38 Å². The van der Waals surface area contributed by atoms with Crippen molar-refractivity contribution >= 4 is 55.0 Å². The van der Waals surface area contributed by atoms with E-state index in [-0.39, 0.29) is 11.4 Å². The number of aromatic nitrogens is 2.